The molecule has 4 heterocycles. The van der Waals surface area contributed by atoms with E-state index in [4.69, 9.17) is 21.3 Å². The van der Waals surface area contributed by atoms with Crippen molar-refractivity contribution in [2.45, 2.75) is 43.3 Å². The van der Waals surface area contributed by atoms with Crippen molar-refractivity contribution in [1.82, 2.24) is 19.6 Å². The van der Waals surface area contributed by atoms with E-state index in [1.165, 1.54) is 22.2 Å². The highest BCUT2D eigenvalue weighted by molar-refractivity contribution is 8.00. The topological polar surface area (TPSA) is 81.4 Å². The summed E-state index contributed by atoms with van der Waals surface area (Å²) in [6, 6.07) is 7.04. The number of hydrogen-bond acceptors (Lipinski definition) is 8. The van der Waals surface area contributed by atoms with Gasteiger partial charge in [-0.15, -0.1) is 21.5 Å². The third-order valence-corrected chi connectivity index (χ3v) is 8.46. The monoisotopic (exact) mass is 519 g/mol. The van der Waals surface area contributed by atoms with Crippen LogP contribution in [0.1, 0.15) is 24.3 Å². The molecule has 5 rings (SSSR count). The molecule has 0 radical (unpaired) electrons. The third kappa shape index (κ3) is 4.46. The Balaban J connectivity index is 1.45. The average molecular weight is 520 g/mol. The smallest absolute Gasteiger partial charge is 0.234 e. The molecule has 0 fully saturated rings. The minimum absolute atomic E-state index is 0.122. The summed E-state index contributed by atoms with van der Waals surface area (Å²) < 4.78 is 8.04. The molecule has 0 unspecified atom stereocenters. The SMILES string of the molecule is CSc1nc2sc3c(c2c2nnc(SCC(=O)Nc4ccc(Cl)cc4)n12)C[C@H](C(C)C)OC3. The van der Waals surface area contributed by atoms with Crippen molar-refractivity contribution in [2.24, 2.45) is 5.92 Å². The van der Waals surface area contributed by atoms with Gasteiger partial charge in [0.05, 0.1) is 23.8 Å². The average Bonchev–Trinajstić information content (AvgIpc) is 3.39. The van der Waals surface area contributed by atoms with Gasteiger partial charge in [0.1, 0.15) is 4.83 Å². The standard InChI is InChI=1S/C22H22ClN5O2S3/c1-11(2)15-8-14-16(9-30-15)33-20-18(14)19-26-27-22(28(19)21(25-20)31-3)32-10-17(29)24-13-6-4-12(23)5-7-13/h4-7,11,15H,8-10H2,1-3H3,(H,24,29)/t15-/m1/s1. The maximum Gasteiger partial charge on any atom is 0.234 e. The van der Waals surface area contributed by atoms with E-state index < -0.39 is 0 Å². The normalized spacial score (nSPS) is 16.0. The first-order chi connectivity index (χ1) is 15.9. The number of thioether (sulfide) groups is 2. The molecule has 0 saturated carbocycles. The molecule has 0 aliphatic carbocycles. The molecule has 1 atom stereocenters. The Bertz CT molecular complexity index is 1340. The van der Waals surface area contributed by atoms with Crippen LogP contribution in [-0.4, -0.2) is 43.6 Å². The number of hydrogen-bond donors (Lipinski definition) is 1. The Labute approximate surface area is 208 Å². The molecule has 3 aromatic heterocycles. The summed E-state index contributed by atoms with van der Waals surface area (Å²) >= 11 is 10.5. The van der Waals surface area contributed by atoms with Gasteiger partial charge in [0.2, 0.25) is 5.91 Å². The minimum atomic E-state index is -0.122. The van der Waals surface area contributed by atoms with E-state index >= 15 is 0 Å². The van der Waals surface area contributed by atoms with Crippen molar-refractivity contribution < 1.29 is 9.53 Å². The van der Waals surface area contributed by atoms with Crippen LogP contribution < -0.4 is 5.32 Å². The van der Waals surface area contributed by atoms with E-state index in [2.05, 4.69) is 29.4 Å². The molecule has 1 N–H and O–H groups in total. The van der Waals surface area contributed by atoms with E-state index in [1.54, 1.807) is 47.4 Å². The number of halogens is 1. The molecule has 0 bridgehead atoms. The summed E-state index contributed by atoms with van der Waals surface area (Å²) in [6.45, 7) is 4.98. The Kier molecular flexibility index (Phi) is 6.54. The molecule has 33 heavy (non-hydrogen) atoms. The second-order valence-electron chi connectivity index (χ2n) is 8.07. The predicted octanol–water partition coefficient (Wildman–Crippen LogP) is 5.54. The van der Waals surface area contributed by atoms with Crippen LogP contribution >= 0.6 is 46.5 Å². The van der Waals surface area contributed by atoms with Gasteiger partial charge in [-0.25, -0.2) is 9.38 Å². The van der Waals surface area contributed by atoms with E-state index in [1.807, 2.05) is 10.7 Å². The number of anilines is 1. The Morgan fingerprint density at radius 3 is 2.82 bits per heavy atom. The van der Waals surface area contributed by atoms with Crippen LogP contribution in [0.2, 0.25) is 5.02 Å². The van der Waals surface area contributed by atoms with E-state index in [0.717, 1.165) is 27.4 Å². The fraction of sp³-hybridized carbons (Fsp3) is 0.364. The lowest BCUT2D eigenvalue weighted by atomic mass is 9.96. The molecule has 7 nitrogen and oxygen atoms in total. The molecule has 0 spiro atoms. The molecule has 0 saturated heterocycles. The summed E-state index contributed by atoms with van der Waals surface area (Å²) in [6.07, 6.45) is 3.02. The van der Waals surface area contributed by atoms with Crippen molar-refractivity contribution in [2.75, 3.05) is 17.3 Å². The summed E-state index contributed by atoms with van der Waals surface area (Å²) in [5, 5.41) is 15.0. The number of thiophene rings is 1. The molecule has 1 aliphatic heterocycles. The largest absolute Gasteiger partial charge is 0.372 e. The quantitative estimate of drug-likeness (QED) is 0.264. The van der Waals surface area contributed by atoms with Gasteiger partial charge >= 0.3 is 0 Å². The molecular weight excluding hydrogens is 498 g/mol. The van der Waals surface area contributed by atoms with E-state index in [0.29, 0.717) is 28.4 Å². The second-order valence-corrected chi connectivity index (χ2v) is 11.3. The van der Waals surface area contributed by atoms with Gasteiger partial charge in [-0.3, -0.25) is 4.79 Å². The molecule has 172 valence electrons. The minimum Gasteiger partial charge on any atom is -0.372 e. The first-order valence-electron chi connectivity index (χ1n) is 10.5. The fourth-order valence-corrected chi connectivity index (χ4v) is 6.47. The van der Waals surface area contributed by atoms with Gasteiger partial charge in [-0.05, 0) is 42.0 Å². The van der Waals surface area contributed by atoms with E-state index in [-0.39, 0.29) is 17.8 Å². The summed E-state index contributed by atoms with van der Waals surface area (Å²) in [7, 11) is 0. The summed E-state index contributed by atoms with van der Waals surface area (Å²) in [5.74, 6) is 0.523. The maximum atomic E-state index is 12.5. The van der Waals surface area contributed by atoms with Crippen LogP contribution in [0.25, 0.3) is 15.9 Å². The number of rotatable bonds is 6. The van der Waals surface area contributed by atoms with Crippen molar-refractivity contribution in [3.63, 3.8) is 0 Å². The van der Waals surface area contributed by atoms with Gasteiger partial charge in [0, 0.05) is 22.0 Å². The summed E-state index contributed by atoms with van der Waals surface area (Å²) in [5.41, 5.74) is 2.78. The first kappa shape index (κ1) is 22.9. The zero-order chi connectivity index (χ0) is 23.1. The van der Waals surface area contributed by atoms with E-state index in [9.17, 15) is 4.79 Å². The van der Waals surface area contributed by atoms with Crippen LogP contribution in [0.4, 0.5) is 5.69 Å². The number of ether oxygens (including phenoxy) is 1. The molecule has 4 aromatic rings. The van der Waals surface area contributed by atoms with Crippen LogP contribution in [-0.2, 0) is 22.6 Å². The Morgan fingerprint density at radius 1 is 1.30 bits per heavy atom. The molecule has 11 heteroatoms. The van der Waals surface area contributed by atoms with Gasteiger partial charge in [0.15, 0.2) is 16.0 Å². The van der Waals surface area contributed by atoms with Gasteiger partial charge in [-0.2, -0.15) is 0 Å². The first-order valence-corrected chi connectivity index (χ1v) is 13.9. The van der Waals surface area contributed by atoms with Crippen LogP contribution in [0, 0.1) is 5.92 Å². The second kappa shape index (κ2) is 9.42. The number of nitrogens with zero attached hydrogens (tertiary/aromatic N) is 4. The lowest BCUT2D eigenvalue weighted by molar-refractivity contribution is -0.113. The van der Waals surface area contributed by atoms with Crippen molar-refractivity contribution in [3.8, 4) is 0 Å². The number of carbonyl (C=O) groups is 1. The number of aromatic nitrogens is 4. The van der Waals surface area contributed by atoms with Crippen LogP contribution in [0.3, 0.4) is 0 Å². The number of fused-ring (bicyclic) bond motifs is 5. The third-order valence-electron chi connectivity index (χ3n) is 5.54. The molecule has 1 aromatic carbocycles. The van der Waals surface area contributed by atoms with Crippen LogP contribution in [0.5, 0.6) is 0 Å². The predicted molar refractivity (Wildman–Crippen MR) is 136 cm³/mol. The lowest BCUT2D eigenvalue weighted by Gasteiger charge is -2.26. The summed E-state index contributed by atoms with van der Waals surface area (Å²) in [4.78, 5) is 19.6. The highest BCUT2D eigenvalue weighted by Gasteiger charge is 2.29. The zero-order valence-electron chi connectivity index (χ0n) is 18.3. The van der Waals surface area contributed by atoms with Gasteiger partial charge in [-0.1, -0.05) is 49.0 Å². The highest BCUT2D eigenvalue weighted by Crippen LogP contribution is 2.40. The van der Waals surface area contributed by atoms with Crippen molar-refractivity contribution >= 4 is 73.9 Å². The fourth-order valence-electron chi connectivity index (χ4n) is 3.84. The lowest BCUT2D eigenvalue weighted by Crippen LogP contribution is -2.26. The van der Waals surface area contributed by atoms with Crippen LogP contribution in [0.15, 0.2) is 34.6 Å². The molecular formula is C22H22ClN5O2S3. The molecule has 1 amide bonds. The highest BCUT2D eigenvalue weighted by atomic mass is 35.5. The van der Waals surface area contributed by atoms with Crippen molar-refractivity contribution in [1.29, 1.82) is 0 Å². The number of amides is 1. The number of benzene rings is 1. The Morgan fingerprint density at radius 2 is 2.09 bits per heavy atom. The zero-order valence-corrected chi connectivity index (χ0v) is 21.5. The van der Waals surface area contributed by atoms with Crippen molar-refractivity contribution in [3.05, 3.63) is 39.7 Å². The molecule has 1 aliphatic rings. The Hall–Kier alpha value is -1.85. The number of carbonyl (C=O) groups excluding carboxylic acids is 1. The van der Waals surface area contributed by atoms with Gasteiger partial charge < -0.3 is 10.1 Å². The number of nitrogens with one attached hydrogen (secondary N) is 1. The van der Waals surface area contributed by atoms with Gasteiger partial charge in [0.25, 0.3) is 0 Å². The maximum absolute atomic E-state index is 12.5.